The van der Waals surface area contributed by atoms with Gasteiger partial charge >= 0.3 is 11.9 Å². The van der Waals surface area contributed by atoms with Crippen LogP contribution in [0.15, 0.2) is 18.2 Å². The number of hydrogen-bond acceptors (Lipinski definition) is 9. The molecule has 1 aromatic rings. The number of para-hydroxylation sites is 1. The fourth-order valence-electron chi connectivity index (χ4n) is 3.48. The molecule has 35 heavy (non-hydrogen) atoms. The van der Waals surface area contributed by atoms with Gasteiger partial charge in [0.25, 0.3) is 5.91 Å². The molecule has 3 N–H and O–H groups in total. The third-order valence-electron chi connectivity index (χ3n) is 5.56. The fourth-order valence-corrected chi connectivity index (χ4v) is 4.54. The van der Waals surface area contributed by atoms with E-state index in [2.05, 4.69) is 10.6 Å². The third-order valence-corrected chi connectivity index (χ3v) is 6.59. The number of rotatable bonds is 9. The minimum absolute atomic E-state index is 0.0240. The predicted molar refractivity (Wildman–Crippen MR) is 130 cm³/mol. The van der Waals surface area contributed by atoms with Crippen molar-refractivity contribution in [3.63, 3.8) is 0 Å². The van der Waals surface area contributed by atoms with Gasteiger partial charge in [-0.25, -0.2) is 0 Å². The Morgan fingerprint density at radius 3 is 2.66 bits per heavy atom. The SMILES string of the molecule is CCCCC1C(=O)OC(C)C(NC(=O)c2cccc(NC=O)c2O)C(=O)SCC1OC(=O)C(C)C. The predicted octanol–water partition coefficient (Wildman–Crippen LogP) is 2.64. The van der Waals surface area contributed by atoms with Crippen molar-refractivity contribution in [1.82, 2.24) is 5.32 Å². The number of anilines is 1. The average Bonchev–Trinajstić information content (AvgIpc) is 2.84. The van der Waals surface area contributed by atoms with E-state index in [1.54, 1.807) is 13.8 Å². The zero-order valence-electron chi connectivity index (χ0n) is 20.2. The molecule has 0 aromatic heterocycles. The van der Waals surface area contributed by atoms with E-state index in [1.165, 1.54) is 25.1 Å². The minimum atomic E-state index is -1.22. The number of phenols is 1. The lowest BCUT2D eigenvalue weighted by Gasteiger charge is -2.26. The highest BCUT2D eigenvalue weighted by molar-refractivity contribution is 8.13. The highest BCUT2D eigenvalue weighted by atomic mass is 32.2. The van der Waals surface area contributed by atoms with Gasteiger partial charge in [-0.05, 0) is 25.5 Å². The summed E-state index contributed by atoms with van der Waals surface area (Å²) in [5.41, 5.74) is -0.145. The van der Waals surface area contributed by atoms with Gasteiger partial charge in [0.2, 0.25) is 11.5 Å². The van der Waals surface area contributed by atoms with E-state index < -0.39 is 58.8 Å². The number of carbonyl (C=O) groups is 5. The molecule has 4 atom stereocenters. The maximum Gasteiger partial charge on any atom is 0.313 e. The summed E-state index contributed by atoms with van der Waals surface area (Å²) in [7, 11) is 0. The maximum absolute atomic E-state index is 13.0. The summed E-state index contributed by atoms with van der Waals surface area (Å²) in [4.78, 5) is 61.9. The van der Waals surface area contributed by atoms with Crippen LogP contribution in [0.4, 0.5) is 5.69 Å². The summed E-state index contributed by atoms with van der Waals surface area (Å²) in [6.07, 6.45) is 0.426. The monoisotopic (exact) mass is 508 g/mol. The minimum Gasteiger partial charge on any atom is -0.505 e. The lowest BCUT2D eigenvalue weighted by molar-refractivity contribution is -0.166. The molecule has 0 radical (unpaired) electrons. The Morgan fingerprint density at radius 1 is 1.31 bits per heavy atom. The quantitative estimate of drug-likeness (QED) is 0.260. The second-order valence-electron chi connectivity index (χ2n) is 8.57. The lowest BCUT2D eigenvalue weighted by Crippen LogP contribution is -2.48. The van der Waals surface area contributed by atoms with Gasteiger partial charge in [-0.3, -0.25) is 24.0 Å². The van der Waals surface area contributed by atoms with Crippen molar-refractivity contribution in [3.8, 4) is 5.75 Å². The van der Waals surface area contributed by atoms with Crippen LogP contribution in [-0.4, -0.2) is 58.5 Å². The number of thioether (sulfide) groups is 1. The van der Waals surface area contributed by atoms with Crippen molar-refractivity contribution in [3.05, 3.63) is 23.8 Å². The number of phenolic OH excluding ortho intramolecular Hbond substituents is 1. The van der Waals surface area contributed by atoms with E-state index in [9.17, 15) is 29.1 Å². The molecule has 0 aliphatic carbocycles. The number of carbonyl (C=O) groups excluding carboxylic acids is 5. The molecule has 1 heterocycles. The Morgan fingerprint density at radius 2 is 2.03 bits per heavy atom. The summed E-state index contributed by atoms with van der Waals surface area (Å²) in [6.45, 7) is 6.82. The van der Waals surface area contributed by atoms with Gasteiger partial charge in [0.1, 0.15) is 18.2 Å². The van der Waals surface area contributed by atoms with Gasteiger partial charge in [-0.2, -0.15) is 0 Å². The molecule has 1 saturated heterocycles. The molecule has 0 spiro atoms. The van der Waals surface area contributed by atoms with Gasteiger partial charge < -0.3 is 25.2 Å². The van der Waals surface area contributed by atoms with Crippen molar-refractivity contribution < 1.29 is 38.6 Å². The second kappa shape index (κ2) is 13.1. The molecule has 11 heteroatoms. The van der Waals surface area contributed by atoms with Crippen LogP contribution >= 0.6 is 11.8 Å². The number of hydrogen-bond donors (Lipinski definition) is 3. The molecule has 192 valence electrons. The van der Waals surface area contributed by atoms with E-state index >= 15 is 0 Å². The molecule has 2 amide bonds. The number of esters is 2. The van der Waals surface area contributed by atoms with Crippen LogP contribution in [0.3, 0.4) is 0 Å². The third kappa shape index (κ3) is 7.45. The number of amides is 2. The Labute approximate surface area is 208 Å². The van der Waals surface area contributed by atoms with Crippen molar-refractivity contribution in [2.75, 3.05) is 11.1 Å². The molecule has 0 bridgehead atoms. The molecule has 10 nitrogen and oxygen atoms in total. The van der Waals surface area contributed by atoms with Gasteiger partial charge in [-0.1, -0.05) is 51.4 Å². The number of nitrogens with one attached hydrogen (secondary N) is 2. The molecule has 0 saturated carbocycles. The lowest BCUT2D eigenvalue weighted by atomic mass is 9.96. The van der Waals surface area contributed by atoms with E-state index in [0.29, 0.717) is 19.3 Å². The van der Waals surface area contributed by atoms with Crippen molar-refractivity contribution in [2.45, 2.75) is 65.2 Å². The van der Waals surface area contributed by atoms with Crippen LogP contribution in [0.5, 0.6) is 5.75 Å². The highest BCUT2D eigenvalue weighted by Crippen LogP contribution is 2.29. The van der Waals surface area contributed by atoms with Crippen LogP contribution in [-0.2, 0) is 28.7 Å². The number of benzene rings is 1. The first-order chi connectivity index (χ1) is 16.6. The van der Waals surface area contributed by atoms with Crippen LogP contribution in [0.25, 0.3) is 0 Å². The molecular formula is C24H32N2O8S. The Balaban J connectivity index is 2.29. The molecule has 2 rings (SSSR count). The number of ether oxygens (including phenoxy) is 2. The van der Waals surface area contributed by atoms with Crippen LogP contribution in [0.1, 0.15) is 57.3 Å². The van der Waals surface area contributed by atoms with E-state index in [4.69, 9.17) is 9.47 Å². The topological polar surface area (TPSA) is 148 Å². The Kier molecular flexibility index (Phi) is 10.6. The van der Waals surface area contributed by atoms with Gasteiger partial charge in [-0.15, -0.1) is 0 Å². The van der Waals surface area contributed by atoms with Crippen LogP contribution in [0.2, 0.25) is 0 Å². The summed E-state index contributed by atoms with van der Waals surface area (Å²) in [5, 5.41) is 14.6. The maximum atomic E-state index is 13.0. The van der Waals surface area contributed by atoms with E-state index in [1.807, 2.05) is 6.92 Å². The van der Waals surface area contributed by atoms with Gasteiger partial charge in [0.05, 0.1) is 23.1 Å². The zero-order chi connectivity index (χ0) is 26.1. The first-order valence-corrected chi connectivity index (χ1v) is 12.5. The summed E-state index contributed by atoms with van der Waals surface area (Å²) in [5.74, 6) is -3.46. The van der Waals surface area contributed by atoms with Crippen LogP contribution in [0, 0.1) is 11.8 Å². The summed E-state index contributed by atoms with van der Waals surface area (Å²) in [6, 6.07) is 2.97. The fraction of sp³-hybridized carbons (Fsp3) is 0.542. The molecule has 4 unspecified atom stereocenters. The molecule has 1 aromatic carbocycles. The van der Waals surface area contributed by atoms with Crippen molar-refractivity contribution >= 4 is 46.8 Å². The number of unbranched alkanes of at least 4 members (excludes halogenated alkanes) is 1. The highest BCUT2D eigenvalue weighted by Gasteiger charge is 2.40. The standard InChI is InChI=1S/C24H32N2O8S/c1-5-6-8-15-18(34-22(30)13(2)3)11-35-24(32)19(14(4)33-23(15)31)26-21(29)16-9-7-10-17(20(16)28)25-12-27/h7,9-10,12-15,18-19,28H,5-6,8,11H2,1-4H3,(H,25,27)(H,26,29). The summed E-state index contributed by atoms with van der Waals surface area (Å²) >= 11 is 0.847. The molecule has 1 aliphatic rings. The molecule has 1 aliphatic heterocycles. The second-order valence-corrected chi connectivity index (χ2v) is 9.59. The largest absolute Gasteiger partial charge is 0.505 e. The average molecular weight is 509 g/mol. The number of cyclic esters (lactones) is 1. The summed E-state index contributed by atoms with van der Waals surface area (Å²) < 4.78 is 11.1. The van der Waals surface area contributed by atoms with Crippen LogP contribution < -0.4 is 10.6 Å². The normalized spacial score (nSPS) is 22.9. The van der Waals surface area contributed by atoms with E-state index in [-0.39, 0.29) is 17.0 Å². The zero-order valence-corrected chi connectivity index (χ0v) is 21.1. The van der Waals surface area contributed by atoms with E-state index in [0.717, 1.165) is 18.2 Å². The first kappa shape index (κ1) is 28.2. The Bertz CT molecular complexity index is 951. The van der Waals surface area contributed by atoms with Crippen molar-refractivity contribution in [2.24, 2.45) is 11.8 Å². The molecular weight excluding hydrogens is 476 g/mol. The Hall–Kier alpha value is -3.08. The van der Waals surface area contributed by atoms with Crippen molar-refractivity contribution in [1.29, 1.82) is 0 Å². The smallest absolute Gasteiger partial charge is 0.313 e. The number of aromatic hydroxyl groups is 1. The van der Waals surface area contributed by atoms with Gasteiger partial charge in [0.15, 0.2) is 5.75 Å². The first-order valence-electron chi connectivity index (χ1n) is 11.5. The van der Waals surface area contributed by atoms with Gasteiger partial charge in [0, 0.05) is 5.75 Å². The molecule has 1 fully saturated rings.